The second-order valence-corrected chi connectivity index (χ2v) is 14.0. The van der Waals surface area contributed by atoms with Crippen LogP contribution in [-0.2, 0) is 29.6 Å². The number of para-hydroxylation sites is 2. The van der Waals surface area contributed by atoms with Crippen molar-refractivity contribution in [3.8, 4) is 11.5 Å². The largest absolute Gasteiger partial charge is 0.492 e. The number of hydrogen-bond acceptors (Lipinski definition) is 9. The van der Waals surface area contributed by atoms with E-state index in [0.29, 0.717) is 44.4 Å². The molecule has 0 bridgehead atoms. The van der Waals surface area contributed by atoms with Crippen LogP contribution in [0.1, 0.15) is 6.92 Å². The van der Waals surface area contributed by atoms with Gasteiger partial charge in [-0.2, -0.15) is 4.31 Å². The predicted octanol–water partition coefficient (Wildman–Crippen LogP) is 3.22. The van der Waals surface area contributed by atoms with Gasteiger partial charge in [0.05, 0.1) is 41.8 Å². The SMILES string of the molecule is CCOc1ccccc1N(CC(=O)NCCOc1ccc(S(=O)(=O)N2CCOCC2)cc1)S(=O)(=O)c1ccc(SC)cc1. The third-order valence-electron chi connectivity index (χ3n) is 6.49. The van der Waals surface area contributed by atoms with Gasteiger partial charge in [-0.1, -0.05) is 12.1 Å². The monoisotopic (exact) mass is 649 g/mol. The summed E-state index contributed by atoms with van der Waals surface area (Å²) in [5.41, 5.74) is 0.247. The summed E-state index contributed by atoms with van der Waals surface area (Å²) in [6.07, 6.45) is 1.90. The Kier molecular flexibility index (Phi) is 11.3. The van der Waals surface area contributed by atoms with Gasteiger partial charge in [-0.3, -0.25) is 9.10 Å². The Morgan fingerprint density at radius 3 is 2.23 bits per heavy atom. The minimum Gasteiger partial charge on any atom is -0.492 e. The summed E-state index contributed by atoms with van der Waals surface area (Å²) in [6.45, 7) is 3.14. The molecule has 1 aliphatic rings. The summed E-state index contributed by atoms with van der Waals surface area (Å²) in [5.74, 6) is 0.231. The predicted molar refractivity (Wildman–Crippen MR) is 165 cm³/mol. The fourth-order valence-electron chi connectivity index (χ4n) is 4.30. The molecule has 0 spiro atoms. The maximum absolute atomic E-state index is 13.7. The van der Waals surface area contributed by atoms with Crippen molar-refractivity contribution in [2.45, 2.75) is 21.6 Å². The molecule has 3 aromatic rings. The molecule has 1 fully saturated rings. The number of rotatable bonds is 14. The molecule has 1 saturated heterocycles. The van der Waals surface area contributed by atoms with E-state index < -0.39 is 32.5 Å². The van der Waals surface area contributed by atoms with Gasteiger partial charge >= 0.3 is 0 Å². The molecule has 0 aliphatic carbocycles. The van der Waals surface area contributed by atoms with E-state index in [2.05, 4.69) is 5.32 Å². The Morgan fingerprint density at radius 2 is 1.58 bits per heavy atom. The molecule has 43 heavy (non-hydrogen) atoms. The standard InChI is InChI=1S/C29H35N3O8S3/c1-3-39-28-7-5-4-6-27(28)32(43(36,37)26-14-10-24(41-2)11-15-26)22-29(33)30-16-19-40-23-8-12-25(13-9-23)42(34,35)31-17-20-38-21-18-31/h4-15H,3,16-22H2,1-2H3,(H,30,33). The molecule has 0 radical (unpaired) electrons. The fourth-order valence-corrected chi connectivity index (χ4v) is 7.55. The van der Waals surface area contributed by atoms with Crippen molar-refractivity contribution in [3.63, 3.8) is 0 Å². The van der Waals surface area contributed by atoms with Crippen LogP contribution in [-0.4, -0.2) is 85.9 Å². The van der Waals surface area contributed by atoms with Crippen LogP contribution in [0.5, 0.6) is 11.5 Å². The van der Waals surface area contributed by atoms with Gasteiger partial charge in [-0.15, -0.1) is 11.8 Å². The normalized spacial score (nSPS) is 14.2. The van der Waals surface area contributed by atoms with E-state index in [1.54, 1.807) is 55.5 Å². The Hall–Kier alpha value is -3.30. The van der Waals surface area contributed by atoms with Crippen molar-refractivity contribution in [2.75, 3.05) is 63.2 Å². The molecule has 1 heterocycles. The third kappa shape index (κ3) is 8.21. The summed E-state index contributed by atoms with van der Waals surface area (Å²) < 4.78 is 72.1. The minimum atomic E-state index is -4.12. The zero-order chi connectivity index (χ0) is 30.9. The number of sulfonamides is 2. The van der Waals surface area contributed by atoms with Crippen molar-refractivity contribution >= 4 is 43.4 Å². The van der Waals surface area contributed by atoms with E-state index >= 15 is 0 Å². The van der Waals surface area contributed by atoms with Gasteiger partial charge in [0.15, 0.2) is 0 Å². The molecule has 1 N–H and O–H groups in total. The summed E-state index contributed by atoms with van der Waals surface area (Å²) in [7, 11) is -7.74. The van der Waals surface area contributed by atoms with Gasteiger partial charge in [0, 0.05) is 18.0 Å². The second kappa shape index (κ2) is 14.9. The molecule has 1 amide bonds. The zero-order valence-electron chi connectivity index (χ0n) is 24.0. The number of carbonyl (C=O) groups excluding carboxylic acids is 1. The Morgan fingerprint density at radius 1 is 0.930 bits per heavy atom. The highest BCUT2D eigenvalue weighted by Crippen LogP contribution is 2.33. The summed E-state index contributed by atoms with van der Waals surface area (Å²) in [4.78, 5) is 14.1. The number of hydrogen-bond donors (Lipinski definition) is 1. The number of nitrogens with zero attached hydrogens (tertiary/aromatic N) is 2. The van der Waals surface area contributed by atoms with Crippen molar-refractivity contribution in [1.82, 2.24) is 9.62 Å². The van der Waals surface area contributed by atoms with Crippen LogP contribution in [0.25, 0.3) is 0 Å². The molecule has 0 unspecified atom stereocenters. The number of benzene rings is 3. The molecular formula is C29H35N3O8S3. The molecule has 0 saturated carbocycles. The van der Waals surface area contributed by atoms with E-state index in [0.717, 1.165) is 9.20 Å². The topological polar surface area (TPSA) is 132 Å². The average Bonchev–Trinajstić information content (AvgIpc) is 3.03. The number of nitrogens with one attached hydrogen (secondary N) is 1. The van der Waals surface area contributed by atoms with E-state index in [4.69, 9.17) is 14.2 Å². The highest BCUT2D eigenvalue weighted by Gasteiger charge is 2.30. The number of morpholine rings is 1. The summed E-state index contributed by atoms with van der Waals surface area (Å²) in [6, 6.07) is 19.2. The van der Waals surface area contributed by atoms with Crippen LogP contribution >= 0.6 is 11.8 Å². The van der Waals surface area contributed by atoms with Crippen molar-refractivity contribution < 1.29 is 35.8 Å². The van der Waals surface area contributed by atoms with Crippen LogP contribution in [0, 0.1) is 0 Å². The lowest BCUT2D eigenvalue weighted by molar-refractivity contribution is -0.119. The Bertz CT molecular complexity index is 1580. The first-order chi connectivity index (χ1) is 20.7. The molecule has 0 aromatic heterocycles. The van der Waals surface area contributed by atoms with Gasteiger partial charge in [0.2, 0.25) is 15.9 Å². The third-order valence-corrected chi connectivity index (χ3v) is 10.9. The van der Waals surface area contributed by atoms with Crippen molar-refractivity contribution in [1.29, 1.82) is 0 Å². The van der Waals surface area contributed by atoms with Gasteiger partial charge < -0.3 is 19.5 Å². The van der Waals surface area contributed by atoms with Crippen LogP contribution in [0.4, 0.5) is 5.69 Å². The summed E-state index contributed by atoms with van der Waals surface area (Å²) >= 11 is 1.49. The fraction of sp³-hybridized carbons (Fsp3) is 0.345. The molecule has 232 valence electrons. The average molecular weight is 650 g/mol. The van der Waals surface area contributed by atoms with Crippen molar-refractivity contribution in [3.05, 3.63) is 72.8 Å². The highest BCUT2D eigenvalue weighted by atomic mass is 32.2. The Labute approximate surface area is 257 Å². The lowest BCUT2D eigenvalue weighted by Crippen LogP contribution is -2.42. The van der Waals surface area contributed by atoms with Crippen LogP contribution < -0.4 is 19.1 Å². The first-order valence-electron chi connectivity index (χ1n) is 13.6. The molecule has 1 aliphatic heterocycles. The number of thioether (sulfide) groups is 1. The van der Waals surface area contributed by atoms with Gasteiger partial charge in [-0.05, 0) is 73.8 Å². The highest BCUT2D eigenvalue weighted by molar-refractivity contribution is 7.98. The van der Waals surface area contributed by atoms with Crippen LogP contribution in [0.2, 0.25) is 0 Å². The summed E-state index contributed by atoms with van der Waals surface area (Å²) in [5, 5.41) is 2.70. The first-order valence-corrected chi connectivity index (χ1v) is 17.7. The molecule has 11 nitrogen and oxygen atoms in total. The Balaban J connectivity index is 1.40. The van der Waals surface area contributed by atoms with E-state index in [1.165, 1.54) is 40.3 Å². The molecule has 3 aromatic carbocycles. The number of anilines is 1. The van der Waals surface area contributed by atoms with E-state index in [-0.39, 0.29) is 28.6 Å². The van der Waals surface area contributed by atoms with E-state index in [9.17, 15) is 21.6 Å². The molecule has 0 atom stereocenters. The molecule has 14 heteroatoms. The first kappa shape index (κ1) is 32.6. The zero-order valence-corrected chi connectivity index (χ0v) is 26.4. The van der Waals surface area contributed by atoms with E-state index in [1.807, 2.05) is 6.26 Å². The quantitative estimate of drug-likeness (QED) is 0.207. The molecular weight excluding hydrogens is 615 g/mol. The lowest BCUT2D eigenvalue weighted by atomic mass is 10.3. The second-order valence-electron chi connectivity index (χ2n) is 9.27. The van der Waals surface area contributed by atoms with Crippen LogP contribution in [0.15, 0.2) is 87.5 Å². The molecule has 4 rings (SSSR count). The number of carbonyl (C=O) groups is 1. The number of ether oxygens (including phenoxy) is 3. The maximum Gasteiger partial charge on any atom is 0.264 e. The maximum atomic E-state index is 13.7. The smallest absolute Gasteiger partial charge is 0.264 e. The van der Waals surface area contributed by atoms with Crippen molar-refractivity contribution in [2.24, 2.45) is 0 Å². The van der Waals surface area contributed by atoms with Gasteiger partial charge in [-0.25, -0.2) is 16.8 Å². The van der Waals surface area contributed by atoms with Crippen LogP contribution in [0.3, 0.4) is 0 Å². The lowest BCUT2D eigenvalue weighted by Gasteiger charge is -2.26. The van der Waals surface area contributed by atoms with Gasteiger partial charge in [0.1, 0.15) is 24.7 Å². The van der Waals surface area contributed by atoms with Gasteiger partial charge in [0.25, 0.3) is 10.0 Å². The number of amides is 1. The minimum absolute atomic E-state index is 0.0480.